The monoisotopic (exact) mass is 393 g/mol. The molecule has 1 aromatic heterocycles. The second-order valence-electron chi connectivity index (χ2n) is 5.00. The number of furan rings is 1. The summed E-state index contributed by atoms with van der Waals surface area (Å²) >= 11 is 17.1. The van der Waals surface area contributed by atoms with Gasteiger partial charge in [-0.2, -0.15) is 0 Å². The number of anilines is 2. The third kappa shape index (κ3) is 7.47. The molecule has 0 spiro atoms. The Morgan fingerprint density at radius 1 is 1.00 bits per heavy atom. The Morgan fingerprint density at radius 3 is 2.12 bits per heavy atom. The number of rotatable bonds is 3. The zero-order valence-corrected chi connectivity index (χ0v) is 15.5. The van der Waals surface area contributed by atoms with Crippen molar-refractivity contribution in [2.45, 2.75) is 6.54 Å². The van der Waals surface area contributed by atoms with Gasteiger partial charge in [0.1, 0.15) is 0 Å². The largest absolute Gasteiger partial charge is 0.473 e. The van der Waals surface area contributed by atoms with E-state index in [0.717, 1.165) is 11.3 Å². The standard InChI is InChI=1S/C14H13Cl2N3S.C4H4O/c15-10-5-9(6-11(16)7-10)8-18-14(20)19-13-3-1-12(17)2-4-13;1-2-4-5-3-1/h1-7H,8,17H2,(H2,18,19,20);1-4H. The molecule has 3 aromatic rings. The van der Waals surface area contributed by atoms with Gasteiger partial charge in [0, 0.05) is 28.0 Å². The Hall–Kier alpha value is -2.21. The van der Waals surface area contributed by atoms with Gasteiger partial charge in [0.05, 0.1) is 12.5 Å². The molecule has 7 heteroatoms. The fourth-order valence-electron chi connectivity index (χ4n) is 1.86. The van der Waals surface area contributed by atoms with Crippen LogP contribution in [0.25, 0.3) is 0 Å². The maximum absolute atomic E-state index is 5.94. The summed E-state index contributed by atoms with van der Waals surface area (Å²) in [7, 11) is 0. The number of nitrogen functional groups attached to an aromatic ring is 1. The summed E-state index contributed by atoms with van der Waals surface area (Å²) < 4.78 is 4.58. The van der Waals surface area contributed by atoms with Crippen molar-refractivity contribution in [3.63, 3.8) is 0 Å². The average Bonchev–Trinajstić information content (AvgIpc) is 3.14. The molecule has 0 aliphatic heterocycles. The molecular weight excluding hydrogens is 377 g/mol. The van der Waals surface area contributed by atoms with Gasteiger partial charge in [-0.1, -0.05) is 23.2 Å². The quantitative estimate of drug-likeness (QED) is 0.413. The van der Waals surface area contributed by atoms with Crippen molar-refractivity contribution >= 4 is 51.9 Å². The van der Waals surface area contributed by atoms with E-state index in [1.165, 1.54) is 0 Å². The van der Waals surface area contributed by atoms with E-state index in [4.69, 9.17) is 41.2 Å². The van der Waals surface area contributed by atoms with Crippen molar-refractivity contribution in [3.05, 3.63) is 82.7 Å². The maximum atomic E-state index is 5.94. The van der Waals surface area contributed by atoms with Crippen LogP contribution in [0.5, 0.6) is 0 Å². The number of hydrogen-bond acceptors (Lipinski definition) is 3. The van der Waals surface area contributed by atoms with Gasteiger partial charge in [0.15, 0.2) is 5.11 Å². The van der Waals surface area contributed by atoms with Crippen molar-refractivity contribution in [3.8, 4) is 0 Å². The van der Waals surface area contributed by atoms with Crippen LogP contribution in [0.4, 0.5) is 11.4 Å². The molecule has 25 heavy (non-hydrogen) atoms. The summed E-state index contributed by atoms with van der Waals surface area (Å²) in [5.74, 6) is 0. The number of thiocarbonyl (C=S) groups is 1. The summed E-state index contributed by atoms with van der Waals surface area (Å²) in [6.45, 7) is 0.543. The van der Waals surface area contributed by atoms with E-state index in [1.54, 1.807) is 18.6 Å². The highest BCUT2D eigenvalue weighted by Gasteiger charge is 2.01. The Labute approximate surface area is 161 Å². The fraction of sp³-hybridized carbons (Fsp3) is 0.0556. The van der Waals surface area contributed by atoms with Crippen LogP contribution in [0.3, 0.4) is 0 Å². The molecule has 130 valence electrons. The van der Waals surface area contributed by atoms with E-state index in [-0.39, 0.29) is 0 Å². The Morgan fingerprint density at radius 2 is 1.60 bits per heavy atom. The lowest BCUT2D eigenvalue weighted by molar-refractivity contribution is 0.567. The molecule has 2 aromatic carbocycles. The third-order valence-corrected chi connectivity index (χ3v) is 3.65. The summed E-state index contributed by atoms with van der Waals surface area (Å²) in [5, 5.41) is 7.88. The first-order chi connectivity index (χ1) is 12.0. The highest BCUT2D eigenvalue weighted by molar-refractivity contribution is 7.80. The molecule has 0 aliphatic rings. The number of nitrogens with two attached hydrogens (primary N) is 1. The van der Waals surface area contributed by atoms with Crippen LogP contribution in [0.2, 0.25) is 10.0 Å². The van der Waals surface area contributed by atoms with Crippen LogP contribution in [0, 0.1) is 0 Å². The highest BCUT2D eigenvalue weighted by atomic mass is 35.5. The molecule has 4 nitrogen and oxygen atoms in total. The molecule has 0 saturated heterocycles. The first kappa shape index (κ1) is 19.1. The summed E-state index contributed by atoms with van der Waals surface area (Å²) in [4.78, 5) is 0. The van der Waals surface area contributed by atoms with Gasteiger partial charge in [0.25, 0.3) is 0 Å². The second-order valence-corrected chi connectivity index (χ2v) is 6.28. The lowest BCUT2D eigenvalue weighted by Gasteiger charge is -2.11. The summed E-state index contributed by atoms with van der Waals surface area (Å²) in [5.41, 5.74) is 8.17. The van der Waals surface area contributed by atoms with Crippen LogP contribution in [-0.2, 0) is 6.54 Å². The van der Waals surface area contributed by atoms with E-state index in [9.17, 15) is 0 Å². The number of benzene rings is 2. The van der Waals surface area contributed by atoms with Gasteiger partial charge in [-0.25, -0.2) is 0 Å². The first-order valence-electron chi connectivity index (χ1n) is 7.35. The number of halogens is 2. The van der Waals surface area contributed by atoms with Crippen molar-refractivity contribution < 1.29 is 4.42 Å². The van der Waals surface area contributed by atoms with Crippen LogP contribution >= 0.6 is 35.4 Å². The van der Waals surface area contributed by atoms with Crippen LogP contribution in [-0.4, -0.2) is 5.11 Å². The van der Waals surface area contributed by atoms with Crippen LogP contribution in [0.15, 0.2) is 71.5 Å². The Balaban J connectivity index is 0.000000386. The molecular formula is C18H17Cl2N3OS. The normalized spacial score (nSPS) is 9.68. The fourth-order valence-corrected chi connectivity index (χ4v) is 2.63. The first-order valence-corrected chi connectivity index (χ1v) is 8.52. The minimum atomic E-state index is 0.519. The van der Waals surface area contributed by atoms with Crippen molar-refractivity contribution in [2.75, 3.05) is 11.1 Å². The van der Waals surface area contributed by atoms with E-state index < -0.39 is 0 Å². The molecule has 0 bridgehead atoms. The SMILES string of the molecule is Nc1ccc(NC(=S)NCc2cc(Cl)cc(Cl)c2)cc1.c1ccoc1. The van der Waals surface area contributed by atoms with Crippen LogP contribution < -0.4 is 16.4 Å². The predicted octanol–water partition coefficient (Wildman–Crippen LogP) is 5.34. The molecule has 0 unspecified atom stereocenters. The molecule has 0 atom stereocenters. The molecule has 0 saturated carbocycles. The second kappa shape index (κ2) is 9.93. The predicted molar refractivity (Wildman–Crippen MR) is 109 cm³/mol. The van der Waals surface area contributed by atoms with Gasteiger partial charge in [-0.15, -0.1) is 0 Å². The van der Waals surface area contributed by atoms with Crippen molar-refractivity contribution in [1.82, 2.24) is 5.32 Å². The zero-order chi connectivity index (χ0) is 18.1. The van der Waals surface area contributed by atoms with Gasteiger partial charge >= 0.3 is 0 Å². The maximum Gasteiger partial charge on any atom is 0.171 e. The molecule has 3 rings (SSSR count). The van der Waals surface area contributed by atoms with Crippen molar-refractivity contribution in [2.24, 2.45) is 0 Å². The van der Waals surface area contributed by atoms with Gasteiger partial charge < -0.3 is 20.8 Å². The lowest BCUT2D eigenvalue weighted by atomic mass is 10.2. The molecule has 4 N–H and O–H groups in total. The smallest absolute Gasteiger partial charge is 0.171 e. The minimum absolute atomic E-state index is 0.519. The topological polar surface area (TPSA) is 63.2 Å². The lowest BCUT2D eigenvalue weighted by Crippen LogP contribution is -2.27. The molecule has 1 heterocycles. The zero-order valence-electron chi connectivity index (χ0n) is 13.2. The third-order valence-electron chi connectivity index (χ3n) is 2.97. The highest BCUT2D eigenvalue weighted by Crippen LogP contribution is 2.19. The summed E-state index contributed by atoms with van der Waals surface area (Å²) in [6.07, 6.45) is 3.25. The van der Waals surface area contributed by atoms with Gasteiger partial charge in [0.2, 0.25) is 0 Å². The molecule has 0 fully saturated rings. The van der Waals surface area contributed by atoms with Crippen LogP contribution in [0.1, 0.15) is 5.56 Å². The molecule has 0 aliphatic carbocycles. The van der Waals surface area contributed by atoms with Crippen molar-refractivity contribution in [1.29, 1.82) is 0 Å². The molecule has 0 amide bonds. The Bertz CT molecular complexity index is 755. The minimum Gasteiger partial charge on any atom is -0.473 e. The Kier molecular flexibility index (Phi) is 7.60. The van der Waals surface area contributed by atoms with E-state index in [1.807, 2.05) is 48.5 Å². The number of nitrogens with one attached hydrogen (secondary N) is 2. The van der Waals surface area contributed by atoms with E-state index >= 15 is 0 Å². The van der Waals surface area contributed by atoms with E-state index in [0.29, 0.717) is 27.4 Å². The molecule has 0 radical (unpaired) electrons. The average molecular weight is 394 g/mol. The summed E-state index contributed by atoms with van der Waals surface area (Å²) in [6, 6.07) is 16.4. The van der Waals surface area contributed by atoms with Gasteiger partial charge in [-0.3, -0.25) is 0 Å². The van der Waals surface area contributed by atoms with E-state index in [2.05, 4.69) is 15.1 Å². The number of hydrogen-bond donors (Lipinski definition) is 3. The van der Waals surface area contributed by atoms with Gasteiger partial charge in [-0.05, 0) is 72.4 Å².